The van der Waals surface area contributed by atoms with Crippen LogP contribution in [0.1, 0.15) is 25.7 Å². The molecule has 1 aliphatic rings. The Labute approximate surface area is 65.1 Å². The molecule has 0 bridgehead atoms. The molecule has 2 amide bonds. The Hall–Kier alpha value is -1.06. The highest BCUT2D eigenvalue weighted by molar-refractivity contribution is 5.79. The first kappa shape index (κ1) is 8.04. The second kappa shape index (κ2) is 3.37. The maximum atomic E-state index is 10.8. The van der Waals surface area contributed by atoms with Gasteiger partial charge in [0.05, 0.1) is 0 Å². The number of nitrogens with one attached hydrogen (secondary N) is 1. The third-order valence-electron chi connectivity index (χ3n) is 1.77. The van der Waals surface area contributed by atoms with E-state index in [1.807, 2.05) is 0 Å². The normalized spacial score (nSPS) is 24.4. The molecule has 1 atom stereocenters. The summed E-state index contributed by atoms with van der Waals surface area (Å²) in [5, 5.41) is 2.71. The average Bonchev–Trinajstić information content (AvgIpc) is 1.85. The van der Waals surface area contributed by atoms with Crippen molar-refractivity contribution in [2.75, 3.05) is 0 Å². The number of primary amides is 1. The highest BCUT2D eigenvalue weighted by atomic mass is 16.2. The van der Waals surface area contributed by atoms with Crippen LogP contribution in [0.5, 0.6) is 0 Å². The van der Waals surface area contributed by atoms with E-state index in [2.05, 4.69) is 5.32 Å². The Morgan fingerprint density at radius 3 is 3.00 bits per heavy atom. The first-order valence-electron chi connectivity index (χ1n) is 3.76. The van der Waals surface area contributed by atoms with Gasteiger partial charge < -0.3 is 11.1 Å². The lowest BCUT2D eigenvalue weighted by atomic mass is 10.0. The summed E-state index contributed by atoms with van der Waals surface area (Å²) >= 11 is 0. The van der Waals surface area contributed by atoms with Crippen LogP contribution in [0, 0.1) is 0 Å². The zero-order valence-corrected chi connectivity index (χ0v) is 6.30. The van der Waals surface area contributed by atoms with Gasteiger partial charge in [-0.05, 0) is 12.8 Å². The smallest absolute Gasteiger partial charge is 0.220 e. The van der Waals surface area contributed by atoms with Crippen molar-refractivity contribution in [2.45, 2.75) is 31.7 Å². The van der Waals surface area contributed by atoms with Gasteiger partial charge in [0.1, 0.15) is 0 Å². The third-order valence-corrected chi connectivity index (χ3v) is 1.77. The van der Waals surface area contributed by atoms with Crippen molar-refractivity contribution in [1.82, 2.24) is 5.32 Å². The van der Waals surface area contributed by atoms with Crippen LogP contribution in [0.4, 0.5) is 0 Å². The second-order valence-electron chi connectivity index (χ2n) is 2.83. The molecule has 0 saturated carbocycles. The monoisotopic (exact) mass is 156 g/mol. The van der Waals surface area contributed by atoms with Gasteiger partial charge in [0.2, 0.25) is 11.8 Å². The van der Waals surface area contributed by atoms with E-state index in [4.69, 9.17) is 5.73 Å². The molecular weight excluding hydrogens is 144 g/mol. The molecule has 0 aromatic carbocycles. The summed E-state index contributed by atoms with van der Waals surface area (Å²) in [7, 11) is 0. The molecule has 3 N–H and O–H groups in total. The standard InChI is InChI=1S/C7H12N2O2/c8-6(10)4-5-2-1-3-7(11)9-5/h5H,1-4H2,(H2,8,10)(H,9,11)/t5-/m0/s1. The number of hydrogen-bond acceptors (Lipinski definition) is 2. The molecule has 11 heavy (non-hydrogen) atoms. The minimum Gasteiger partial charge on any atom is -0.370 e. The van der Waals surface area contributed by atoms with Crippen molar-refractivity contribution in [3.8, 4) is 0 Å². The van der Waals surface area contributed by atoms with Crippen molar-refractivity contribution in [2.24, 2.45) is 5.73 Å². The van der Waals surface area contributed by atoms with Gasteiger partial charge >= 0.3 is 0 Å². The molecule has 4 nitrogen and oxygen atoms in total. The van der Waals surface area contributed by atoms with Gasteiger partial charge in [0.25, 0.3) is 0 Å². The zero-order valence-electron chi connectivity index (χ0n) is 6.30. The number of carbonyl (C=O) groups is 2. The molecule has 0 unspecified atom stereocenters. The maximum Gasteiger partial charge on any atom is 0.220 e. The molecule has 0 aromatic rings. The van der Waals surface area contributed by atoms with Crippen molar-refractivity contribution in [1.29, 1.82) is 0 Å². The van der Waals surface area contributed by atoms with Crippen molar-refractivity contribution < 1.29 is 9.59 Å². The van der Waals surface area contributed by atoms with Gasteiger partial charge in [0, 0.05) is 18.9 Å². The first-order chi connectivity index (χ1) is 5.18. The fourth-order valence-corrected chi connectivity index (χ4v) is 1.28. The molecule has 1 heterocycles. The van der Waals surface area contributed by atoms with Gasteiger partial charge in [-0.3, -0.25) is 9.59 Å². The SMILES string of the molecule is NC(=O)C[C@@H]1CCCC(=O)N1. The number of rotatable bonds is 2. The highest BCUT2D eigenvalue weighted by Crippen LogP contribution is 2.10. The Bertz CT molecular complexity index is 177. The minimum atomic E-state index is -0.350. The summed E-state index contributed by atoms with van der Waals surface area (Å²) in [5.41, 5.74) is 4.98. The molecule has 4 heteroatoms. The van der Waals surface area contributed by atoms with E-state index in [0.717, 1.165) is 12.8 Å². The summed E-state index contributed by atoms with van der Waals surface area (Å²) < 4.78 is 0. The van der Waals surface area contributed by atoms with Gasteiger partial charge in [-0.15, -0.1) is 0 Å². The second-order valence-corrected chi connectivity index (χ2v) is 2.83. The largest absolute Gasteiger partial charge is 0.370 e. The number of carbonyl (C=O) groups excluding carboxylic acids is 2. The van der Waals surface area contributed by atoms with Gasteiger partial charge in [-0.1, -0.05) is 0 Å². The number of amides is 2. The van der Waals surface area contributed by atoms with E-state index in [-0.39, 0.29) is 24.3 Å². The van der Waals surface area contributed by atoms with E-state index in [0.29, 0.717) is 6.42 Å². The summed E-state index contributed by atoms with van der Waals surface area (Å²) in [6.45, 7) is 0. The lowest BCUT2D eigenvalue weighted by molar-refractivity contribution is -0.124. The molecule has 0 radical (unpaired) electrons. The summed E-state index contributed by atoms with van der Waals surface area (Å²) in [4.78, 5) is 21.2. The van der Waals surface area contributed by atoms with E-state index in [9.17, 15) is 9.59 Å². The van der Waals surface area contributed by atoms with Gasteiger partial charge in [0.15, 0.2) is 0 Å². The van der Waals surface area contributed by atoms with E-state index < -0.39 is 0 Å². The van der Waals surface area contributed by atoms with E-state index in [1.54, 1.807) is 0 Å². The summed E-state index contributed by atoms with van der Waals surface area (Å²) in [5.74, 6) is -0.320. The van der Waals surface area contributed by atoms with Crippen LogP contribution >= 0.6 is 0 Å². The van der Waals surface area contributed by atoms with Crippen LogP contribution in [0.2, 0.25) is 0 Å². The number of hydrogen-bond donors (Lipinski definition) is 2. The Morgan fingerprint density at radius 1 is 1.73 bits per heavy atom. The molecule has 0 aliphatic carbocycles. The minimum absolute atomic E-state index is 0.0197. The summed E-state index contributed by atoms with van der Waals surface area (Å²) in [6.07, 6.45) is 2.58. The molecule has 0 aromatic heterocycles. The Kier molecular flexibility index (Phi) is 2.46. The number of nitrogens with two attached hydrogens (primary N) is 1. The molecule has 0 spiro atoms. The van der Waals surface area contributed by atoms with Gasteiger partial charge in [-0.25, -0.2) is 0 Å². The molecule has 1 saturated heterocycles. The van der Waals surface area contributed by atoms with Crippen LogP contribution < -0.4 is 11.1 Å². The highest BCUT2D eigenvalue weighted by Gasteiger charge is 2.19. The van der Waals surface area contributed by atoms with Crippen molar-refractivity contribution >= 4 is 11.8 Å². The Balaban J connectivity index is 2.34. The molecule has 1 fully saturated rings. The van der Waals surface area contributed by atoms with Crippen LogP contribution in [-0.2, 0) is 9.59 Å². The quantitative estimate of drug-likeness (QED) is 0.567. The fourth-order valence-electron chi connectivity index (χ4n) is 1.28. The molecule has 62 valence electrons. The van der Waals surface area contributed by atoms with Crippen molar-refractivity contribution in [3.05, 3.63) is 0 Å². The molecule has 1 aliphatic heterocycles. The van der Waals surface area contributed by atoms with Crippen LogP contribution in [-0.4, -0.2) is 17.9 Å². The summed E-state index contributed by atoms with van der Waals surface area (Å²) in [6, 6.07) is -0.0197. The topological polar surface area (TPSA) is 72.2 Å². The third kappa shape index (κ3) is 2.57. The van der Waals surface area contributed by atoms with Crippen LogP contribution in [0.3, 0.4) is 0 Å². The molecule has 1 rings (SSSR count). The lowest BCUT2D eigenvalue weighted by Crippen LogP contribution is -2.40. The average molecular weight is 156 g/mol. The van der Waals surface area contributed by atoms with E-state index in [1.165, 1.54) is 0 Å². The molecular formula is C7H12N2O2. The predicted octanol–water partition coefficient (Wildman–Crippen LogP) is -0.470. The van der Waals surface area contributed by atoms with Crippen LogP contribution in [0.15, 0.2) is 0 Å². The maximum absolute atomic E-state index is 10.8. The first-order valence-corrected chi connectivity index (χ1v) is 3.76. The Morgan fingerprint density at radius 2 is 2.45 bits per heavy atom. The number of piperidine rings is 1. The van der Waals surface area contributed by atoms with Crippen LogP contribution in [0.25, 0.3) is 0 Å². The lowest BCUT2D eigenvalue weighted by Gasteiger charge is -2.21. The fraction of sp³-hybridized carbons (Fsp3) is 0.714. The zero-order chi connectivity index (χ0) is 8.27. The predicted molar refractivity (Wildman–Crippen MR) is 39.6 cm³/mol. The van der Waals surface area contributed by atoms with Crippen molar-refractivity contribution in [3.63, 3.8) is 0 Å². The van der Waals surface area contributed by atoms with Gasteiger partial charge in [-0.2, -0.15) is 0 Å². The van der Waals surface area contributed by atoms with E-state index >= 15 is 0 Å².